The summed E-state index contributed by atoms with van der Waals surface area (Å²) in [6.07, 6.45) is 5.22. The number of hydrogen-bond donors (Lipinski definition) is 0. The molecule has 1 aromatic heterocycles. The van der Waals surface area contributed by atoms with Gasteiger partial charge in [0.1, 0.15) is 0 Å². The van der Waals surface area contributed by atoms with E-state index in [-0.39, 0.29) is 17.1 Å². The molecule has 178 valence electrons. The number of benzene rings is 2. The molecule has 0 spiro atoms. The van der Waals surface area contributed by atoms with Crippen molar-refractivity contribution in [2.75, 3.05) is 13.1 Å². The van der Waals surface area contributed by atoms with Gasteiger partial charge in [0.25, 0.3) is 5.91 Å². The van der Waals surface area contributed by atoms with Crippen molar-refractivity contribution in [3.05, 3.63) is 57.9 Å². The van der Waals surface area contributed by atoms with Gasteiger partial charge in [-0.3, -0.25) is 4.79 Å². The van der Waals surface area contributed by atoms with E-state index in [9.17, 15) is 13.2 Å². The minimum absolute atomic E-state index is 0.140. The fourth-order valence-electron chi connectivity index (χ4n) is 4.31. The smallest absolute Gasteiger partial charge is 0.279 e. The van der Waals surface area contributed by atoms with Crippen LogP contribution in [0.15, 0.2) is 46.3 Å². The molecule has 1 aliphatic heterocycles. The van der Waals surface area contributed by atoms with Crippen molar-refractivity contribution in [1.82, 2.24) is 8.87 Å². The van der Waals surface area contributed by atoms with Crippen LogP contribution >= 0.6 is 11.3 Å². The van der Waals surface area contributed by atoms with E-state index in [0.717, 1.165) is 21.3 Å². The van der Waals surface area contributed by atoms with Crippen LogP contribution in [0.3, 0.4) is 0 Å². The van der Waals surface area contributed by atoms with E-state index in [1.54, 1.807) is 0 Å². The maximum Gasteiger partial charge on any atom is 0.279 e. The van der Waals surface area contributed by atoms with Gasteiger partial charge in [0.05, 0.1) is 33.9 Å². The lowest BCUT2D eigenvalue weighted by Gasteiger charge is -2.34. The van der Waals surface area contributed by atoms with Gasteiger partial charge in [0, 0.05) is 18.7 Å². The first-order valence-electron chi connectivity index (χ1n) is 11.0. The molecule has 0 N–H and O–H groups in total. The number of carbonyl (C=O) groups excluding carboxylic acids is 1. The van der Waals surface area contributed by atoms with Crippen LogP contribution in [-0.2, 0) is 21.3 Å². The quantitative estimate of drug-likeness (QED) is 0.517. The number of ether oxygens (including phenoxy) is 1. The van der Waals surface area contributed by atoms with Gasteiger partial charge in [-0.05, 0) is 69.2 Å². The summed E-state index contributed by atoms with van der Waals surface area (Å²) < 4.78 is 36.1. The monoisotopic (exact) mass is 497 g/mol. The first-order chi connectivity index (χ1) is 16.1. The predicted octanol–water partition coefficient (Wildman–Crippen LogP) is 3.49. The predicted molar refractivity (Wildman–Crippen MR) is 133 cm³/mol. The molecule has 1 saturated heterocycles. The fraction of sp³-hybridized carbons (Fsp3) is 0.360. The number of hydrogen-bond acceptors (Lipinski definition) is 5. The SMILES string of the molecule is C#CCn1c(=NC(=O)c2ccc(S(=O)(=O)N3CC(C)OC(C)C3)cc2)sc2cc(C)cc(C)c21. The Kier molecular flexibility index (Phi) is 6.78. The van der Waals surface area contributed by atoms with Crippen LogP contribution in [0.5, 0.6) is 0 Å². The third-order valence-corrected chi connectivity index (χ3v) is 8.55. The second-order valence-corrected chi connectivity index (χ2v) is 11.6. The number of fused-ring (bicyclic) bond motifs is 1. The van der Waals surface area contributed by atoms with Crippen LogP contribution in [0.4, 0.5) is 0 Å². The highest BCUT2D eigenvalue weighted by molar-refractivity contribution is 7.89. The van der Waals surface area contributed by atoms with Crippen molar-refractivity contribution >= 4 is 37.5 Å². The van der Waals surface area contributed by atoms with Crippen LogP contribution in [0.25, 0.3) is 10.2 Å². The summed E-state index contributed by atoms with van der Waals surface area (Å²) >= 11 is 1.41. The number of aryl methyl sites for hydroxylation is 2. The maximum absolute atomic E-state index is 13.1. The Labute approximate surface area is 203 Å². The van der Waals surface area contributed by atoms with Crippen LogP contribution in [0.2, 0.25) is 0 Å². The number of aromatic nitrogens is 1. The Morgan fingerprint density at radius 2 is 1.82 bits per heavy atom. The number of rotatable bonds is 4. The molecular formula is C25H27N3O4S2. The van der Waals surface area contributed by atoms with Crippen LogP contribution in [0, 0.1) is 26.2 Å². The Balaban J connectivity index is 1.66. The van der Waals surface area contributed by atoms with Gasteiger partial charge < -0.3 is 9.30 Å². The number of terminal acetylenes is 1. The van der Waals surface area contributed by atoms with E-state index < -0.39 is 15.9 Å². The zero-order valence-corrected chi connectivity index (χ0v) is 21.2. The summed E-state index contributed by atoms with van der Waals surface area (Å²) in [4.78, 5) is 17.9. The van der Waals surface area contributed by atoms with Gasteiger partial charge in [-0.1, -0.05) is 23.3 Å². The molecule has 0 saturated carbocycles. The van der Waals surface area contributed by atoms with Gasteiger partial charge in [0.15, 0.2) is 4.80 Å². The second-order valence-electron chi connectivity index (χ2n) is 8.62. The number of morpholine rings is 1. The third-order valence-electron chi connectivity index (χ3n) is 5.68. The van der Waals surface area contributed by atoms with Crippen molar-refractivity contribution in [2.24, 2.45) is 4.99 Å². The van der Waals surface area contributed by atoms with Crippen molar-refractivity contribution in [1.29, 1.82) is 0 Å². The highest BCUT2D eigenvalue weighted by Gasteiger charge is 2.32. The molecule has 2 unspecified atom stereocenters. The largest absolute Gasteiger partial charge is 0.373 e. The number of thiazole rings is 1. The van der Waals surface area contributed by atoms with Gasteiger partial charge in [-0.2, -0.15) is 9.30 Å². The Hall–Kier alpha value is -2.77. The minimum Gasteiger partial charge on any atom is -0.373 e. The third kappa shape index (κ3) is 4.72. The molecule has 1 aliphatic rings. The summed E-state index contributed by atoms with van der Waals surface area (Å²) in [6, 6.07) is 10.0. The van der Waals surface area contributed by atoms with Crippen molar-refractivity contribution in [3.8, 4) is 12.3 Å². The molecule has 9 heteroatoms. The number of amides is 1. The van der Waals surface area contributed by atoms with Crippen LogP contribution in [-0.4, -0.2) is 48.5 Å². The van der Waals surface area contributed by atoms with Crippen molar-refractivity contribution in [3.63, 3.8) is 0 Å². The van der Waals surface area contributed by atoms with Gasteiger partial charge in [0.2, 0.25) is 10.0 Å². The zero-order valence-electron chi connectivity index (χ0n) is 19.6. The lowest BCUT2D eigenvalue weighted by atomic mass is 10.1. The van der Waals surface area contributed by atoms with Crippen molar-refractivity contribution in [2.45, 2.75) is 51.3 Å². The topological polar surface area (TPSA) is 81.0 Å². The Bertz CT molecular complexity index is 1450. The molecule has 7 nitrogen and oxygen atoms in total. The highest BCUT2D eigenvalue weighted by atomic mass is 32.2. The molecule has 1 amide bonds. The molecular weight excluding hydrogens is 470 g/mol. The van der Waals surface area contributed by atoms with Gasteiger partial charge in [-0.25, -0.2) is 8.42 Å². The fourth-order valence-corrected chi connectivity index (χ4v) is 7.11. The van der Waals surface area contributed by atoms with Gasteiger partial charge in [-0.15, -0.1) is 6.42 Å². The first-order valence-corrected chi connectivity index (χ1v) is 13.2. The standard InChI is InChI=1S/C25H27N3O4S2/c1-6-11-28-23-17(3)12-16(2)13-22(23)33-25(28)26-24(29)20-7-9-21(10-8-20)34(30,31)27-14-18(4)32-19(5)15-27/h1,7-10,12-13,18-19H,11,14-15H2,2-5H3. The summed E-state index contributed by atoms with van der Waals surface area (Å²) in [5.74, 6) is 2.18. The summed E-state index contributed by atoms with van der Waals surface area (Å²) in [5.41, 5.74) is 3.46. The average molecular weight is 498 g/mol. The zero-order chi connectivity index (χ0) is 24.6. The summed E-state index contributed by atoms with van der Waals surface area (Å²) in [5, 5.41) is 0. The van der Waals surface area contributed by atoms with Crippen molar-refractivity contribution < 1.29 is 17.9 Å². The van der Waals surface area contributed by atoms with E-state index in [0.29, 0.717) is 30.0 Å². The first kappa shape index (κ1) is 24.4. The van der Waals surface area contributed by atoms with E-state index in [2.05, 4.69) is 23.0 Å². The molecule has 2 aromatic carbocycles. The molecule has 34 heavy (non-hydrogen) atoms. The lowest BCUT2D eigenvalue weighted by molar-refractivity contribution is -0.0440. The van der Waals surface area contributed by atoms with Crippen LogP contribution in [0.1, 0.15) is 35.3 Å². The lowest BCUT2D eigenvalue weighted by Crippen LogP contribution is -2.48. The molecule has 0 bridgehead atoms. The highest BCUT2D eigenvalue weighted by Crippen LogP contribution is 2.24. The molecule has 1 fully saturated rings. The molecule has 2 heterocycles. The summed E-state index contributed by atoms with van der Waals surface area (Å²) in [6.45, 7) is 8.62. The van der Waals surface area contributed by atoms with E-state index in [4.69, 9.17) is 11.2 Å². The molecule has 3 aromatic rings. The molecule has 4 rings (SSSR count). The summed E-state index contributed by atoms with van der Waals surface area (Å²) in [7, 11) is -3.68. The second kappa shape index (κ2) is 9.47. The molecule has 0 aliphatic carbocycles. The number of nitrogens with zero attached hydrogens (tertiary/aromatic N) is 3. The minimum atomic E-state index is -3.68. The number of carbonyl (C=O) groups is 1. The Morgan fingerprint density at radius 1 is 1.18 bits per heavy atom. The molecule has 2 atom stereocenters. The molecule has 0 radical (unpaired) electrons. The normalized spacial score (nSPS) is 19.9. The number of sulfonamides is 1. The van der Waals surface area contributed by atoms with E-state index >= 15 is 0 Å². The van der Waals surface area contributed by atoms with Crippen LogP contribution < -0.4 is 4.80 Å². The Morgan fingerprint density at radius 3 is 2.44 bits per heavy atom. The van der Waals surface area contributed by atoms with Gasteiger partial charge >= 0.3 is 0 Å². The van der Waals surface area contributed by atoms with E-state index in [1.165, 1.54) is 39.9 Å². The average Bonchev–Trinajstić information content (AvgIpc) is 3.10. The maximum atomic E-state index is 13.1. The van der Waals surface area contributed by atoms with E-state index in [1.807, 2.05) is 32.3 Å².